The molecule has 6 heteroatoms. The Hall–Kier alpha value is -0.620. The van der Waals surface area contributed by atoms with E-state index in [2.05, 4.69) is 21.2 Å². The SMILES string of the molecule is COCC[C@H](NC(=O)O)C(=O)CBr. The molecule has 0 bridgehead atoms. The summed E-state index contributed by atoms with van der Waals surface area (Å²) < 4.78 is 4.75. The average Bonchev–Trinajstić information content (AvgIpc) is 2.10. The van der Waals surface area contributed by atoms with Gasteiger partial charge in [0.15, 0.2) is 5.78 Å². The Morgan fingerprint density at radius 3 is 2.62 bits per heavy atom. The molecule has 0 aromatic heterocycles. The van der Waals surface area contributed by atoms with Gasteiger partial charge in [0, 0.05) is 13.7 Å². The summed E-state index contributed by atoms with van der Waals surface area (Å²) in [6.07, 6.45) is -0.844. The van der Waals surface area contributed by atoms with E-state index in [1.807, 2.05) is 0 Å². The zero-order valence-electron chi connectivity index (χ0n) is 7.25. The summed E-state index contributed by atoms with van der Waals surface area (Å²) >= 11 is 2.97. The number of hydrogen-bond acceptors (Lipinski definition) is 3. The lowest BCUT2D eigenvalue weighted by Crippen LogP contribution is -2.41. The molecule has 0 radical (unpaired) electrons. The molecular formula is C7H12BrNO4. The van der Waals surface area contributed by atoms with Crippen LogP contribution in [0.3, 0.4) is 0 Å². The van der Waals surface area contributed by atoms with Gasteiger partial charge < -0.3 is 15.2 Å². The third kappa shape index (κ3) is 5.59. The summed E-state index contributed by atoms with van der Waals surface area (Å²) in [5.41, 5.74) is 0. The van der Waals surface area contributed by atoms with Crippen molar-refractivity contribution in [1.29, 1.82) is 0 Å². The van der Waals surface area contributed by atoms with Gasteiger partial charge in [-0.2, -0.15) is 0 Å². The van der Waals surface area contributed by atoms with Crippen LogP contribution in [-0.2, 0) is 9.53 Å². The topological polar surface area (TPSA) is 75.6 Å². The van der Waals surface area contributed by atoms with Gasteiger partial charge in [0.2, 0.25) is 0 Å². The fourth-order valence-electron chi connectivity index (χ4n) is 0.792. The Labute approximate surface area is 84.6 Å². The van der Waals surface area contributed by atoms with Gasteiger partial charge in [-0.25, -0.2) is 4.79 Å². The number of hydrogen-bond donors (Lipinski definition) is 2. The highest BCUT2D eigenvalue weighted by atomic mass is 79.9. The van der Waals surface area contributed by atoms with Crippen LogP contribution in [0.15, 0.2) is 0 Å². The summed E-state index contributed by atoms with van der Waals surface area (Å²) in [5, 5.41) is 10.7. The fourth-order valence-corrected chi connectivity index (χ4v) is 1.18. The molecule has 0 saturated carbocycles. The zero-order chi connectivity index (χ0) is 10.3. The number of carbonyl (C=O) groups is 2. The van der Waals surface area contributed by atoms with Gasteiger partial charge >= 0.3 is 6.09 Å². The maximum Gasteiger partial charge on any atom is 0.405 e. The minimum Gasteiger partial charge on any atom is -0.465 e. The fraction of sp³-hybridized carbons (Fsp3) is 0.714. The molecule has 0 unspecified atom stereocenters. The first-order valence-corrected chi connectivity index (χ1v) is 4.81. The van der Waals surface area contributed by atoms with E-state index in [0.717, 1.165) is 0 Å². The van der Waals surface area contributed by atoms with E-state index in [9.17, 15) is 9.59 Å². The van der Waals surface area contributed by atoms with E-state index in [1.54, 1.807) is 0 Å². The van der Waals surface area contributed by atoms with Crippen LogP contribution in [-0.4, -0.2) is 42.1 Å². The molecule has 1 atom stereocenters. The molecule has 1 amide bonds. The van der Waals surface area contributed by atoms with E-state index >= 15 is 0 Å². The quantitative estimate of drug-likeness (QED) is 0.681. The van der Waals surface area contributed by atoms with Gasteiger partial charge in [-0.3, -0.25) is 4.79 Å². The monoisotopic (exact) mass is 253 g/mol. The van der Waals surface area contributed by atoms with Crippen molar-refractivity contribution in [2.45, 2.75) is 12.5 Å². The molecule has 0 saturated heterocycles. The van der Waals surface area contributed by atoms with Crippen LogP contribution in [0.25, 0.3) is 0 Å². The Morgan fingerprint density at radius 1 is 1.62 bits per heavy atom. The van der Waals surface area contributed by atoms with Gasteiger partial charge in [0.25, 0.3) is 0 Å². The van der Waals surface area contributed by atoms with Crippen molar-refractivity contribution in [1.82, 2.24) is 5.32 Å². The molecule has 76 valence electrons. The largest absolute Gasteiger partial charge is 0.465 e. The Bertz CT molecular complexity index is 185. The number of ketones is 1. The van der Waals surface area contributed by atoms with Crippen molar-refractivity contribution in [2.24, 2.45) is 0 Å². The third-order valence-corrected chi connectivity index (χ3v) is 1.98. The number of methoxy groups -OCH3 is 1. The molecule has 0 spiro atoms. The van der Waals surface area contributed by atoms with Gasteiger partial charge in [-0.15, -0.1) is 0 Å². The van der Waals surface area contributed by atoms with Gasteiger partial charge in [0.1, 0.15) is 0 Å². The van der Waals surface area contributed by atoms with Crippen molar-refractivity contribution in [2.75, 3.05) is 19.0 Å². The van der Waals surface area contributed by atoms with Gasteiger partial charge in [-0.05, 0) is 6.42 Å². The minimum absolute atomic E-state index is 0.141. The first-order chi connectivity index (χ1) is 6.11. The van der Waals surface area contributed by atoms with Crippen molar-refractivity contribution in [3.63, 3.8) is 0 Å². The van der Waals surface area contributed by atoms with E-state index < -0.39 is 12.1 Å². The maximum atomic E-state index is 11.1. The second-order valence-electron chi connectivity index (χ2n) is 2.38. The standard InChI is InChI=1S/C7H12BrNO4/c1-13-3-2-5(6(10)4-8)9-7(11)12/h5,9H,2-4H2,1H3,(H,11,12)/t5-/m0/s1. The van der Waals surface area contributed by atoms with Crippen LogP contribution < -0.4 is 5.32 Å². The van der Waals surface area contributed by atoms with Crippen LogP contribution in [0.5, 0.6) is 0 Å². The van der Waals surface area contributed by atoms with Gasteiger partial charge in [-0.1, -0.05) is 15.9 Å². The van der Waals surface area contributed by atoms with Crippen LogP contribution >= 0.6 is 15.9 Å². The summed E-state index contributed by atoms with van der Waals surface area (Å²) in [4.78, 5) is 21.4. The summed E-state index contributed by atoms with van der Waals surface area (Å²) in [5.74, 6) is -0.195. The molecule has 0 aromatic rings. The molecule has 0 aliphatic heterocycles. The lowest BCUT2D eigenvalue weighted by molar-refractivity contribution is -0.118. The number of alkyl halides is 1. The van der Waals surface area contributed by atoms with Crippen LogP contribution in [0.2, 0.25) is 0 Å². The number of carboxylic acid groups (broad SMARTS) is 1. The van der Waals surface area contributed by atoms with Crippen molar-refractivity contribution in [3.05, 3.63) is 0 Å². The smallest absolute Gasteiger partial charge is 0.405 e. The number of nitrogens with one attached hydrogen (secondary N) is 1. The summed E-state index contributed by atoms with van der Waals surface area (Å²) in [7, 11) is 1.50. The van der Waals surface area contributed by atoms with E-state index in [1.165, 1.54) is 7.11 Å². The Balaban J connectivity index is 4.02. The summed E-state index contributed by atoms with van der Waals surface area (Å²) in [6, 6.07) is -0.683. The molecule has 0 fully saturated rings. The number of carbonyl (C=O) groups excluding carboxylic acids is 1. The second kappa shape index (κ2) is 6.85. The minimum atomic E-state index is -1.20. The van der Waals surface area contributed by atoms with Gasteiger partial charge in [0.05, 0.1) is 11.4 Å². The molecule has 0 aliphatic carbocycles. The highest BCUT2D eigenvalue weighted by Gasteiger charge is 2.18. The highest BCUT2D eigenvalue weighted by molar-refractivity contribution is 9.09. The van der Waals surface area contributed by atoms with Crippen molar-refractivity contribution in [3.8, 4) is 0 Å². The molecule has 2 N–H and O–H groups in total. The predicted octanol–water partition coefficient (Wildman–Crippen LogP) is 0.623. The highest BCUT2D eigenvalue weighted by Crippen LogP contribution is 1.97. The molecule has 0 heterocycles. The lowest BCUT2D eigenvalue weighted by atomic mass is 10.1. The normalized spacial score (nSPS) is 12.2. The lowest BCUT2D eigenvalue weighted by Gasteiger charge is -2.13. The number of rotatable bonds is 6. The van der Waals surface area contributed by atoms with Crippen molar-refractivity contribution >= 4 is 27.8 Å². The average molecular weight is 254 g/mol. The van der Waals surface area contributed by atoms with Crippen molar-refractivity contribution < 1.29 is 19.4 Å². The number of halogens is 1. The van der Waals surface area contributed by atoms with E-state index in [4.69, 9.17) is 9.84 Å². The molecule has 0 aliphatic rings. The second-order valence-corrected chi connectivity index (χ2v) is 2.94. The zero-order valence-corrected chi connectivity index (χ0v) is 8.83. The van der Waals surface area contributed by atoms with E-state index in [-0.39, 0.29) is 11.1 Å². The Morgan fingerprint density at radius 2 is 2.23 bits per heavy atom. The first-order valence-electron chi connectivity index (χ1n) is 3.69. The molecule has 5 nitrogen and oxygen atoms in total. The number of ether oxygens (including phenoxy) is 1. The number of Topliss-reactive ketones (excluding diaryl/α,β-unsaturated/α-hetero) is 1. The van der Waals surface area contributed by atoms with E-state index in [0.29, 0.717) is 13.0 Å². The molecule has 0 aromatic carbocycles. The molecule has 0 rings (SSSR count). The Kier molecular flexibility index (Phi) is 6.52. The third-order valence-electron chi connectivity index (χ3n) is 1.43. The maximum absolute atomic E-state index is 11.1. The van der Waals surface area contributed by atoms with Crippen LogP contribution in [0, 0.1) is 0 Å². The van der Waals surface area contributed by atoms with Crippen LogP contribution in [0.4, 0.5) is 4.79 Å². The van der Waals surface area contributed by atoms with Crippen LogP contribution in [0.1, 0.15) is 6.42 Å². The number of amides is 1. The molecular weight excluding hydrogens is 242 g/mol. The predicted molar refractivity (Wildman–Crippen MR) is 50.2 cm³/mol. The molecule has 13 heavy (non-hydrogen) atoms. The summed E-state index contributed by atoms with van der Waals surface area (Å²) in [6.45, 7) is 0.351. The first kappa shape index (κ1) is 12.4.